The van der Waals surface area contributed by atoms with Crippen LogP contribution in [0.5, 0.6) is 0 Å². The smallest absolute Gasteiger partial charge is 0.183 e. The second-order valence-electron chi connectivity index (χ2n) is 4.49. The van der Waals surface area contributed by atoms with E-state index in [4.69, 9.17) is 22.0 Å². The molecule has 4 nitrogen and oxygen atoms in total. The number of nitrogens with zero attached hydrogens (tertiary/aromatic N) is 1. The molecule has 2 rings (SSSR count). The molecule has 0 amide bonds. The largest absolute Gasteiger partial charge is 0.392 e. The van der Waals surface area contributed by atoms with E-state index < -0.39 is 9.84 Å². The molecule has 0 aromatic heterocycles. The predicted octanol–water partition coefficient (Wildman–Crippen LogP) is 2.68. The highest BCUT2D eigenvalue weighted by atomic mass is 35.5. The Balaban J connectivity index is 2.31. The lowest BCUT2D eigenvalue weighted by atomic mass is 10.2. The lowest BCUT2D eigenvalue weighted by Gasteiger charge is -2.07. The van der Waals surface area contributed by atoms with Gasteiger partial charge in [0.1, 0.15) is 0 Å². The van der Waals surface area contributed by atoms with Gasteiger partial charge in [-0.05, 0) is 29.3 Å². The van der Waals surface area contributed by atoms with Crippen LogP contribution >= 0.6 is 11.6 Å². The number of nitriles is 1. The number of hydrogen-bond donors (Lipinski definition) is 1. The summed E-state index contributed by atoms with van der Waals surface area (Å²) in [6.07, 6.45) is 0. The number of sulfone groups is 1. The third kappa shape index (κ3) is 3.61. The van der Waals surface area contributed by atoms with Crippen LogP contribution in [0.4, 0.5) is 0 Å². The molecule has 0 atom stereocenters. The van der Waals surface area contributed by atoms with Crippen LogP contribution < -0.4 is 0 Å². The molecule has 0 aliphatic heterocycles. The van der Waals surface area contributed by atoms with Gasteiger partial charge >= 0.3 is 0 Å². The second-order valence-corrected chi connectivity index (χ2v) is 6.86. The summed E-state index contributed by atoms with van der Waals surface area (Å²) < 4.78 is 24.7. The first-order valence-corrected chi connectivity index (χ1v) is 8.10. The van der Waals surface area contributed by atoms with Crippen molar-refractivity contribution in [2.45, 2.75) is 17.3 Å². The molecule has 0 unspecified atom stereocenters. The normalized spacial score (nSPS) is 11.1. The third-order valence-corrected chi connectivity index (χ3v) is 5.12. The summed E-state index contributed by atoms with van der Waals surface area (Å²) in [4.78, 5) is 0.00870. The molecular formula is C15H12ClNO3S. The quantitative estimate of drug-likeness (QED) is 0.939. The Bertz CT molecular complexity index is 793. The van der Waals surface area contributed by atoms with E-state index in [1.165, 1.54) is 18.2 Å². The van der Waals surface area contributed by atoms with Gasteiger partial charge < -0.3 is 5.11 Å². The van der Waals surface area contributed by atoms with Crippen molar-refractivity contribution in [1.29, 1.82) is 5.26 Å². The Kier molecular flexibility index (Phi) is 4.63. The Morgan fingerprint density at radius 2 is 1.71 bits per heavy atom. The molecular weight excluding hydrogens is 310 g/mol. The van der Waals surface area contributed by atoms with Gasteiger partial charge in [0.25, 0.3) is 0 Å². The maximum Gasteiger partial charge on any atom is 0.183 e. The van der Waals surface area contributed by atoms with Gasteiger partial charge in [-0.3, -0.25) is 0 Å². The molecule has 108 valence electrons. The van der Waals surface area contributed by atoms with E-state index in [0.29, 0.717) is 16.7 Å². The molecule has 0 heterocycles. The fourth-order valence-corrected chi connectivity index (χ4v) is 3.81. The molecule has 0 aliphatic carbocycles. The summed E-state index contributed by atoms with van der Waals surface area (Å²) in [6, 6.07) is 12.7. The lowest BCUT2D eigenvalue weighted by Crippen LogP contribution is -2.06. The summed E-state index contributed by atoms with van der Waals surface area (Å²) >= 11 is 5.94. The second kappa shape index (κ2) is 6.27. The topological polar surface area (TPSA) is 78.2 Å². The monoisotopic (exact) mass is 321 g/mol. The molecule has 0 saturated heterocycles. The molecule has 0 spiro atoms. The Hall–Kier alpha value is -1.87. The minimum absolute atomic E-state index is 0.00870. The van der Waals surface area contributed by atoms with Crippen LogP contribution in [0.3, 0.4) is 0 Å². The maximum absolute atomic E-state index is 12.4. The number of hydrogen-bond acceptors (Lipinski definition) is 4. The van der Waals surface area contributed by atoms with Gasteiger partial charge in [0, 0.05) is 0 Å². The molecule has 21 heavy (non-hydrogen) atoms. The first-order chi connectivity index (χ1) is 9.96. The number of halogens is 1. The highest BCUT2D eigenvalue weighted by Crippen LogP contribution is 2.25. The van der Waals surface area contributed by atoms with E-state index in [1.807, 2.05) is 6.07 Å². The number of benzene rings is 2. The molecule has 1 N–H and O–H groups in total. The molecule has 2 aromatic rings. The van der Waals surface area contributed by atoms with Gasteiger partial charge in [-0.25, -0.2) is 8.42 Å². The zero-order chi connectivity index (χ0) is 15.5. The predicted molar refractivity (Wildman–Crippen MR) is 79.4 cm³/mol. The van der Waals surface area contributed by atoms with Crippen LogP contribution in [-0.2, 0) is 22.2 Å². The summed E-state index contributed by atoms with van der Waals surface area (Å²) in [6.45, 7) is -0.0888. The van der Waals surface area contributed by atoms with E-state index >= 15 is 0 Å². The molecule has 6 heteroatoms. The van der Waals surface area contributed by atoms with Crippen molar-refractivity contribution in [1.82, 2.24) is 0 Å². The van der Waals surface area contributed by atoms with Crippen molar-refractivity contribution in [3.8, 4) is 6.07 Å². The van der Waals surface area contributed by atoms with Crippen molar-refractivity contribution < 1.29 is 13.5 Å². The van der Waals surface area contributed by atoms with Crippen molar-refractivity contribution in [2.24, 2.45) is 0 Å². The fourth-order valence-electron chi connectivity index (χ4n) is 1.86. The van der Waals surface area contributed by atoms with E-state index in [1.54, 1.807) is 24.3 Å². The van der Waals surface area contributed by atoms with Crippen LogP contribution in [0, 0.1) is 11.3 Å². The molecule has 2 aromatic carbocycles. The average molecular weight is 322 g/mol. The first-order valence-electron chi connectivity index (χ1n) is 6.07. The van der Waals surface area contributed by atoms with Crippen LogP contribution in [0.15, 0.2) is 47.4 Å². The lowest BCUT2D eigenvalue weighted by molar-refractivity contribution is 0.282. The van der Waals surface area contributed by atoms with Crippen LogP contribution in [0.25, 0.3) is 0 Å². The van der Waals surface area contributed by atoms with E-state index in [9.17, 15) is 8.42 Å². The van der Waals surface area contributed by atoms with Gasteiger partial charge in [0.05, 0.1) is 33.9 Å². The van der Waals surface area contributed by atoms with Crippen molar-refractivity contribution in [3.63, 3.8) is 0 Å². The summed E-state index contributed by atoms with van der Waals surface area (Å²) in [5.74, 6) is -0.190. The number of rotatable bonds is 4. The summed E-state index contributed by atoms with van der Waals surface area (Å²) in [7, 11) is -3.59. The van der Waals surface area contributed by atoms with E-state index in [0.717, 1.165) is 0 Å². The average Bonchev–Trinajstić information content (AvgIpc) is 2.47. The zero-order valence-electron chi connectivity index (χ0n) is 11.0. The molecule has 0 bridgehead atoms. The van der Waals surface area contributed by atoms with E-state index in [2.05, 4.69) is 0 Å². The highest BCUT2D eigenvalue weighted by Gasteiger charge is 2.19. The zero-order valence-corrected chi connectivity index (χ0v) is 12.5. The molecule has 0 aliphatic rings. The Labute approximate surface area is 128 Å². The first kappa shape index (κ1) is 15.5. The third-order valence-electron chi connectivity index (χ3n) is 2.96. The van der Waals surface area contributed by atoms with E-state index in [-0.39, 0.29) is 22.3 Å². The highest BCUT2D eigenvalue weighted by molar-refractivity contribution is 7.90. The minimum Gasteiger partial charge on any atom is -0.392 e. The minimum atomic E-state index is -3.59. The summed E-state index contributed by atoms with van der Waals surface area (Å²) in [5.41, 5.74) is 1.63. The maximum atomic E-state index is 12.4. The fraction of sp³-hybridized carbons (Fsp3) is 0.133. The molecule has 0 saturated carbocycles. The number of aliphatic hydroxyl groups excluding tert-OH is 1. The van der Waals surface area contributed by atoms with Crippen molar-refractivity contribution in [3.05, 3.63) is 64.2 Å². The van der Waals surface area contributed by atoms with Crippen molar-refractivity contribution in [2.75, 3.05) is 0 Å². The molecule has 0 radical (unpaired) electrons. The Morgan fingerprint density at radius 1 is 1.10 bits per heavy atom. The van der Waals surface area contributed by atoms with Crippen molar-refractivity contribution >= 4 is 21.4 Å². The molecule has 0 fully saturated rings. The van der Waals surface area contributed by atoms with Gasteiger partial charge in [-0.2, -0.15) is 5.26 Å². The SMILES string of the molecule is N#Cc1ccc(S(=O)(=O)Cc2ccc(CO)cc2)c(Cl)c1. The van der Waals surface area contributed by atoms with Crippen LogP contribution in [0.2, 0.25) is 5.02 Å². The van der Waals surface area contributed by atoms with Gasteiger partial charge in [-0.1, -0.05) is 35.9 Å². The Morgan fingerprint density at radius 3 is 2.24 bits per heavy atom. The van der Waals surface area contributed by atoms with Gasteiger partial charge in [0.15, 0.2) is 9.84 Å². The van der Waals surface area contributed by atoms with Gasteiger partial charge in [0.2, 0.25) is 0 Å². The standard InChI is InChI=1S/C15H12ClNO3S/c16-14-7-13(8-17)5-6-15(14)21(19,20)10-12-3-1-11(9-18)2-4-12/h1-7,18H,9-10H2. The van der Waals surface area contributed by atoms with Crippen LogP contribution in [0.1, 0.15) is 16.7 Å². The summed E-state index contributed by atoms with van der Waals surface area (Å²) in [5, 5.41) is 17.8. The van der Waals surface area contributed by atoms with Crippen LogP contribution in [-0.4, -0.2) is 13.5 Å². The number of aliphatic hydroxyl groups is 1. The van der Waals surface area contributed by atoms with Gasteiger partial charge in [-0.15, -0.1) is 0 Å².